The number of ether oxygens (including phenoxy) is 5. The molecule has 7 heteroatoms. The van der Waals surface area contributed by atoms with E-state index >= 15 is 0 Å². The van der Waals surface area contributed by atoms with E-state index in [0.717, 1.165) is 16.7 Å². The number of hydrogen-bond acceptors (Lipinski definition) is 6. The fourth-order valence-electron chi connectivity index (χ4n) is 7.39. The van der Waals surface area contributed by atoms with Gasteiger partial charge in [-0.25, -0.2) is 0 Å². The summed E-state index contributed by atoms with van der Waals surface area (Å²) < 4.78 is 39.3. The second-order valence-electron chi connectivity index (χ2n) is 14.6. The van der Waals surface area contributed by atoms with Crippen molar-refractivity contribution in [1.29, 1.82) is 0 Å². The Labute approximate surface area is 319 Å². The quantitative estimate of drug-likeness (QED) is 0.0643. The van der Waals surface area contributed by atoms with Gasteiger partial charge in [-0.2, -0.15) is 0 Å². The Morgan fingerprint density at radius 1 is 0.615 bits per heavy atom. The molecular formula is C45H66O6Sn. The van der Waals surface area contributed by atoms with Gasteiger partial charge in [0.1, 0.15) is 0 Å². The van der Waals surface area contributed by atoms with E-state index < -0.39 is 36.7 Å². The molecule has 1 N–H and O–H groups in total. The minimum atomic E-state index is -2.39. The van der Waals surface area contributed by atoms with E-state index in [0.29, 0.717) is 39.3 Å². The number of benzene rings is 3. The van der Waals surface area contributed by atoms with Crippen LogP contribution in [0, 0.1) is 0 Å². The van der Waals surface area contributed by atoms with Crippen molar-refractivity contribution >= 4 is 18.4 Å². The van der Waals surface area contributed by atoms with Crippen LogP contribution in [0.3, 0.4) is 0 Å². The Morgan fingerprint density at radius 2 is 1.12 bits per heavy atom. The molecule has 0 spiro atoms. The molecule has 6 nitrogen and oxygen atoms in total. The average Bonchev–Trinajstić information content (AvgIpc) is 3.19. The van der Waals surface area contributed by atoms with Crippen LogP contribution in [0.25, 0.3) is 0 Å². The Balaban J connectivity index is 1.62. The van der Waals surface area contributed by atoms with Crippen LogP contribution < -0.4 is 0 Å². The van der Waals surface area contributed by atoms with E-state index in [1.165, 1.54) is 56.3 Å². The van der Waals surface area contributed by atoms with E-state index in [-0.39, 0.29) is 18.8 Å². The topological polar surface area (TPSA) is 66.4 Å². The molecule has 0 aliphatic carbocycles. The first-order chi connectivity index (χ1) is 25.6. The number of aliphatic hydroxyl groups excluding tert-OH is 1. The van der Waals surface area contributed by atoms with Crippen molar-refractivity contribution < 1.29 is 28.8 Å². The first kappa shape index (κ1) is 42.5. The van der Waals surface area contributed by atoms with E-state index in [1.807, 2.05) is 60.9 Å². The summed E-state index contributed by atoms with van der Waals surface area (Å²) in [6.45, 7) is 8.75. The maximum absolute atomic E-state index is 9.93. The third-order valence-electron chi connectivity index (χ3n) is 10.4. The van der Waals surface area contributed by atoms with Crippen LogP contribution in [0.15, 0.2) is 103 Å². The predicted octanol–water partition coefficient (Wildman–Crippen LogP) is 10.7. The van der Waals surface area contributed by atoms with Gasteiger partial charge < -0.3 is 0 Å². The molecule has 5 atom stereocenters. The van der Waals surface area contributed by atoms with E-state index in [9.17, 15) is 5.11 Å². The molecule has 0 unspecified atom stereocenters. The third-order valence-corrected chi connectivity index (χ3v) is 25.7. The van der Waals surface area contributed by atoms with E-state index in [1.54, 1.807) is 0 Å². The van der Waals surface area contributed by atoms with Gasteiger partial charge in [0.15, 0.2) is 0 Å². The second-order valence-corrected chi connectivity index (χ2v) is 28.6. The minimum absolute atomic E-state index is 0.0876. The number of rotatable bonds is 26. The molecule has 1 aliphatic rings. The van der Waals surface area contributed by atoms with Gasteiger partial charge in [0, 0.05) is 0 Å². The van der Waals surface area contributed by atoms with Gasteiger partial charge >= 0.3 is 284 Å². The fourth-order valence-corrected chi connectivity index (χ4v) is 22.4. The molecule has 1 aliphatic heterocycles. The molecule has 0 amide bonds. The molecule has 0 bridgehead atoms. The van der Waals surface area contributed by atoms with Gasteiger partial charge in [0.25, 0.3) is 0 Å². The molecule has 0 radical (unpaired) electrons. The van der Waals surface area contributed by atoms with Gasteiger partial charge in [-0.15, -0.1) is 0 Å². The molecule has 286 valence electrons. The zero-order chi connectivity index (χ0) is 36.7. The first-order valence-corrected chi connectivity index (χ1v) is 28.2. The van der Waals surface area contributed by atoms with Crippen molar-refractivity contribution in [3.63, 3.8) is 0 Å². The summed E-state index contributed by atoms with van der Waals surface area (Å²) in [7, 11) is 0. The van der Waals surface area contributed by atoms with Crippen LogP contribution in [0.1, 0.15) is 88.8 Å². The monoisotopic (exact) mass is 822 g/mol. The molecular weight excluding hydrogens is 755 g/mol. The molecule has 3 aromatic carbocycles. The van der Waals surface area contributed by atoms with E-state index in [2.05, 4.69) is 63.2 Å². The molecule has 4 rings (SSSR count). The third kappa shape index (κ3) is 14.6. The molecule has 0 saturated carbocycles. The van der Waals surface area contributed by atoms with Crippen LogP contribution >= 0.6 is 0 Å². The van der Waals surface area contributed by atoms with Crippen LogP contribution in [0.5, 0.6) is 0 Å². The summed E-state index contributed by atoms with van der Waals surface area (Å²) in [4.78, 5) is 0. The first-order valence-electron chi connectivity index (χ1n) is 20.1. The van der Waals surface area contributed by atoms with Crippen LogP contribution in [0.2, 0.25) is 17.7 Å². The van der Waals surface area contributed by atoms with Crippen molar-refractivity contribution in [2.24, 2.45) is 0 Å². The summed E-state index contributed by atoms with van der Waals surface area (Å²) in [6, 6.07) is 30.8. The van der Waals surface area contributed by atoms with Crippen molar-refractivity contribution in [3.8, 4) is 0 Å². The molecule has 0 aromatic heterocycles. The predicted molar refractivity (Wildman–Crippen MR) is 215 cm³/mol. The van der Waals surface area contributed by atoms with Gasteiger partial charge in [-0.3, -0.25) is 0 Å². The summed E-state index contributed by atoms with van der Waals surface area (Å²) in [6.07, 6.45) is 11.5. The van der Waals surface area contributed by atoms with Crippen LogP contribution in [0.4, 0.5) is 0 Å². The summed E-state index contributed by atoms with van der Waals surface area (Å²) in [5.74, 6) is 0. The Hall–Kier alpha value is -2.20. The SMILES string of the molecule is CCC[CH2][Sn]([CH2]/C=C\O[C@@H]1[C@@H](OCc2ccccc2)[C@H](OCc2ccccc2)[C@@H](COCc2ccccc2)O[C@H]1CCCO)([CH2]CCC)[CH2]CCC. The molecule has 3 aromatic rings. The van der Waals surface area contributed by atoms with Gasteiger partial charge in [0.2, 0.25) is 0 Å². The molecule has 1 fully saturated rings. The molecule has 1 saturated heterocycles. The fraction of sp³-hybridized carbons (Fsp3) is 0.556. The second kappa shape index (κ2) is 25.0. The van der Waals surface area contributed by atoms with Crippen molar-refractivity contribution in [2.45, 2.75) is 140 Å². The summed E-state index contributed by atoms with van der Waals surface area (Å²) in [5.41, 5.74) is 3.29. The summed E-state index contributed by atoms with van der Waals surface area (Å²) in [5, 5.41) is 9.93. The van der Waals surface area contributed by atoms with Crippen molar-refractivity contribution in [1.82, 2.24) is 0 Å². The standard InChI is InChI=1S/C33H39O6.3C4H9.Sn/c1-2-21-36-31-29(19-12-20-34)39-30(25-35-22-26-13-6-3-7-14-26)32(37-23-27-15-8-4-9-16-27)33(31)38-24-28-17-10-5-11-18-28;3*1-3-4-2;/h2-11,13-18,21,29-34H,1,12,19-20,22-25H2;3*1,3-4H2,2H3;/b21-2-;;;;/t29-,30+,31-,32+,33+;;;;/m0..../s1. The van der Waals surface area contributed by atoms with Gasteiger partial charge in [0.05, 0.1) is 0 Å². The Kier molecular flexibility index (Phi) is 20.4. The van der Waals surface area contributed by atoms with Crippen molar-refractivity contribution in [3.05, 3.63) is 120 Å². The maximum atomic E-state index is 9.93. The average molecular weight is 822 g/mol. The Bertz CT molecular complexity index is 1320. The van der Waals surface area contributed by atoms with Gasteiger partial charge in [-0.1, -0.05) is 36.4 Å². The summed E-state index contributed by atoms with van der Waals surface area (Å²) >= 11 is -2.39. The molecule has 1 heterocycles. The number of allylic oxidation sites excluding steroid dienone is 1. The number of aliphatic hydroxyl groups is 1. The zero-order valence-electron chi connectivity index (χ0n) is 32.2. The van der Waals surface area contributed by atoms with Gasteiger partial charge in [-0.05, 0) is 0 Å². The Morgan fingerprint density at radius 3 is 1.62 bits per heavy atom. The van der Waals surface area contributed by atoms with Crippen LogP contribution in [-0.2, 0) is 43.5 Å². The van der Waals surface area contributed by atoms with E-state index in [4.69, 9.17) is 23.7 Å². The molecule has 52 heavy (non-hydrogen) atoms. The normalized spacial score (nSPS) is 20.7. The van der Waals surface area contributed by atoms with Crippen LogP contribution in [-0.4, -0.2) is 67.2 Å². The number of unbranched alkanes of at least 4 members (excludes halogenated alkanes) is 3. The zero-order valence-corrected chi connectivity index (χ0v) is 35.1. The van der Waals surface area contributed by atoms with Crippen molar-refractivity contribution in [2.75, 3.05) is 13.2 Å². The number of hydrogen-bond donors (Lipinski definition) is 1.